The van der Waals surface area contributed by atoms with Crippen molar-refractivity contribution in [1.82, 2.24) is 10.2 Å². The van der Waals surface area contributed by atoms with E-state index in [-0.39, 0.29) is 9.77 Å². The highest BCUT2D eigenvalue weighted by Crippen LogP contribution is 2.30. The van der Waals surface area contributed by atoms with Crippen LogP contribution in [0.5, 0.6) is 0 Å². The number of anilines is 2. The molecule has 0 aliphatic heterocycles. The molecule has 7 nitrogen and oxygen atoms in total. The van der Waals surface area contributed by atoms with Gasteiger partial charge in [0.15, 0.2) is 0 Å². The Hall–Kier alpha value is -2.60. The second kappa shape index (κ2) is 8.03. The molecule has 3 aromatic heterocycles. The van der Waals surface area contributed by atoms with Crippen LogP contribution in [0, 0.1) is 6.92 Å². The number of nitrogens with zero attached hydrogens (tertiary/aromatic N) is 2. The molecular weight excluding hydrogens is 448 g/mol. The number of amides is 1. The first-order valence-electron chi connectivity index (χ1n) is 8.27. The minimum Gasteiger partial charge on any atom is -0.296 e. The zero-order valence-electron chi connectivity index (χ0n) is 14.9. The normalized spacial score (nSPS) is 11.3. The van der Waals surface area contributed by atoms with E-state index in [1.165, 1.54) is 17.4 Å². The highest BCUT2D eigenvalue weighted by molar-refractivity contribution is 7.93. The molecule has 0 fully saturated rings. The van der Waals surface area contributed by atoms with E-state index >= 15 is 0 Å². The van der Waals surface area contributed by atoms with Gasteiger partial charge in [0.05, 0.1) is 0 Å². The third-order valence-electron chi connectivity index (χ3n) is 3.84. The summed E-state index contributed by atoms with van der Waals surface area (Å²) in [7, 11) is -3.91. The highest BCUT2D eigenvalue weighted by Gasteiger charge is 2.25. The van der Waals surface area contributed by atoms with Crippen molar-refractivity contribution in [3.8, 4) is 10.6 Å². The summed E-state index contributed by atoms with van der Waals surface area (Å²) in [6.45, 7) is 1.91. The van der Waals surface area contributed by atoms with Crippen molar-refractivity contribution in [3.05, 3.63) is 63.0 Å². The fourth-order valence-electron chi connectivity index (χ4n) is 2.44. The number of hydrogen-bond donors (Lipinski definition) is 2. The summed E-state index contributed by atoms with van der Waals surface area (Å²) in [6, 6.07) is 10.3. The third kappa shape index (κ3) is 4.37. The molecule has 3 heterocycles. The molecule has 4 aromatic rings. The summed E-state index contributed by atoms with van der Waals surface area (Å²) < 4.78 is 28.1. The Kier molecular flexibility index (Phi) is 5.46. The highest BCUT2D eigenvalue weighted by atomic mass is 32.2. The van der Waals surface area contributed by atoms with Crippen molar-refractivity contribution >= 4 is 60.8 Å². The van der Waals surface area contributed by atoms with Crippen LogP contribution < -0.4 is 10.0 Å². The lowest BCUT2D eigenvalue weighted by Crippen LogP contribution is -2.18. The number of rotatable bonds is 6. The van der Waals surface area contributed by atoms with E-state index in [0.29, 0.717) is 15.8 Å². The van der Waals surface area contributed by atoms with Gasteiger partial charge in [0.1, 0.15) is 14.8 Å². The smallest absolute Gasteiger partial charge is 0.268 e. The van der Waals surface area contributed by atoms with Crippen molar-refractivity contribution in [3.63, 3.8) is 0 Å². The average Bonchev–Trinajstić information content (AvgIpc) is 3.44. The first-order chi connectivity index (χ1) is 13.9. The number of benzene rings is 1. The summed E-state index contributed by atoms with van der Waals surface area (Å²) >= 11 is 3.82. The standard InChI is InChI=1S/C18H14N4O3S4/c1-11-2-4-13(5-3-11)22-29(24,25)14-7-9-27-15(14)16(23)19-18-21-20-17(28-18)12-6-8-26-10-12/h2-10,22H,1H3,(H,19,21,23). The number of sulfonamides is 1. The van der Waals surface area contributed by atoms with Gasteiger partial charge in [-0.25, -0.2) is 8.42 Å². The number of carbonyl (C=O) groups excluding carboxylic acids is 1. The number of aryl methyl sites for hydroxylation is 1. The molecule has 0 spiro atoms. The Labute approximate surface area is 179 Å². The van der Waals surface area contributed by atoms with Gasteiger partial charge in [-0.1, -0.05) is 29.0 Å². The summed E-state index contributed by atoms with van der Waals surface area (Å²) in [6.07, 6.45) is 0. The quantitative estimate of drug-likeness (QED) is 0.433. The minimum absolute atomic E-state index is 0.0804. The van der Waals surface area contributed by atoms with Crippen LogP contribution in [0.25, 0.3) is 10.6 Å². The predicted octanol–water partition coefficient (Wildman–Crippen LogP) is 4.69. The van der Waals surface area contributed by atoms with E-state index in [1.807, 2.05) is 23.8 Å². The molecule has 0 unspecified atom stereocenters. The zero-order chi connectivity index (χ0) is 20.4. The molecule has 0 atom stereocenters. The molecular formula is C18H14N4O3S4. The topological polar surface area (TPSA) is 101 Å². The maximum absolute atomic E-state index is 12.8. The van der Waals surface area contributed by atoms with Crippen molar-refractivity contribution < 1.29 is 13.2 Å². The average molecular weight is 463 g/mol. The van der Waals surface area contributed by atoms with E-state index in [0.717, 1.165) is 22.5 Å². The van der Waals surface area contributed by atoms with Gasteiger partial charge in [0.2, 0.25) is 5.13 Å². The van der Waals surface area contributed by atoms with Crippen molar-refractivity contribution in [2.45, 2.75) is 11.8 Å². The number of hydrogen-bond acceptors (Lipinski definition) is 8. The van der Waals surface area contributed by atoms with Gasteiger partial charge in [-0.2, -0.15) is 11.3 Å². The van der Waals surface area contributed by atoms with Gasteiger partial charge in [-0.3, -0.25) is 14.8 Å². The Balaban J connectivity index is 1.53. The van der Waals surface area contributed by atoms with E-state index in [2.05, 4.69) is 20.2 Å². The molecule has 148 valence electrons. The first kappa shape index (κ1) is 19.7. The minimum atomic E-state index is -3.91. The zero-order valence-corrected chi connectivity index (χ0v) is 18.2. The Morgan fingerprint density at radius 2 is 1.83 bits per heavy atom. The van der Waals surface area contributed by atoms with Gasteiger partial charge in [-0.05, 0) is 41.9 Å². The van der Waals surface area contributed by atoms with Crippen LogP contribution in [0.3, 0.4) is 0 Å². The third-order valence-corrected chi connectivity index (χ3v) is 7.88. The SMILES string of the molecule is Cc1ccc(NS(=O)(=O)c2ccsc2C(=O)Nc2nnc(-c3ccsc3)s2)cc1. The maximum Gasteiger partial charge on any atom is 0.268 e. The van der Waals surface area contributed by atoms with Gasteiger partial charge in [-0.15, -0.1) is 21.5 Å². The summed E-state index contributed by atoms with van der Waals surface area (Å²) in [4.78, 5) is 12.7. The Bertz CT molecular complexity index is 1240. The van der Waals surface area contributed by atoms with Gasteiger partial charge in [0, 0.05) is 16.6 Å². The lowest BCUT2D eigenvalue weighted by atomic mass is 10.2. The first-order valence-corrected chi connectivity index (χ1v) is 12.4. The molecule has 11 heteroatoms. The summed E-state index contributed by atoms with van der Waals surface area (Å²) in [5, 5.41) is 17.1. The van der Waals surface area contributed by atoms with Crippen LogP contribution in [0.2, 0.25) is 0 Å². The van der Waals surface area contributed by atoms with Crippen LogP contribution >= 0.6 is 34.0 Å². The van der Waals surface area contributed by atoms with Gasteiger partial charge >= 0.3 is 0 Å². The molecule has 0 radical (unpaired) electrons. The molecule has 2 N–H and O–H groups in total. The van der Waals surface area contributed by atoms with Crippen LogP contribution in [0.4, 0.5) is 10.8 Å². The van der Waals surface area contributed by atoms with Crippen LogP contribution in [-0.2, 0) is 10.0 Å². The van der Waals surface area contributed by atoms with Crippen LogP contribution in [0.15, 0.2) is 57.4 Å². The summed E-state index contributed by atoms with van der Waals surface area (Å²) in [5.74, 6) is -0.544. The largest absolute Gasteiger partial charge is 0.296 e. The second-order valence-corrected chi connectivity index (χ2v) is 10.3. The van der Waals surface area contributed by atoms with Crippen molar-refractivity contribution in [2.24, 2.45) is 0 Å². The molecule has 0 saturated heterocycles. The van der Waals surface area contributed by atoms with E-state index in [1.54, 1.807) is 41.0 Å². The van der Waals surface area contributed by atoms with Crippen LogP contribution in [0.1, 0.15) is 15.2 Å². The van der Waals surface area contributed by atoms with Crippen molar-refractivity contribution in [1.29, 1.82) is 0 Å². The molecule has 4 rings (SSSR count). The molecule has 1 aromatic carbocycles. The number of thiophene rings is 2. The van der Waals surface area contributed by atoms with Crippen LogP contribution in [-0.4, -0.2) is 24.5 Å². The second-order valence-electron chi connectivity index (χ2n) is 5.96. The predicted molar refractivity (Wildman–Crippen MR) is 117 cm³/mol. The molecule has 29 heavy (non-hydrogen) atoms. The Morgan fingerprint density at radius 3 is 2.55 bits per heavy atom. The molecule has 0 bridgehead atoms. The van der Waals surface area contributed by atoms with Gasteiger partial charge in [0.25, 0.3) is 15.9 Å². The molecule has 0 aliphatic rings. The molecule has 0 saturated carbocycles. The van der Waals surface area contributed by atoms with E-state index < -0.39 is 15.9 Å². The van der Waals surface area contributed by atoms with Crippen molar-refractivity contribution in [2.75, 3.05) is 10.0 Å². The fourth-order valence-corrected chi connectivity index (χ4v) is 6.27. The number of aromatic nitrogens is 2. The van der Waals surface area contributed by atoms with Gasteiger partial charge < -0.3 is 0 Å². The van der Waals surface area contributed by atoms with E-state index in [9.17, 15) is 13.2 Å². The lowest BCUT2D eigenvalue weighted by molar-refractivity contribution is 0.102. The lowest BCUT2D eigenvalue weighted by Gasteiger charge is -2.09. The summed E-state index contributed by atoms with van der Waals surface area (Å²) in [5.41, 5.74) is 2.37. The fraction of sp³-hybridized carbons (Fsp3) is 0.0556. The molecule has 0 aliphatic carbocycles. The number of nitrogens with one attached hydrogen (secondary N) is 2. The Morgan fingerprint density at radius 1 is 1.03 bits per heavy atom. The molecule has 1 amide bonds. The van der Waals surface area contributed by atoms with E-state index in [4.69, 9.17) is 0 Å². The monoisotopic (exact) mass is 462 g/mol. The number of carbonyl (C=O) groups is 1. The maximum atomic E-state index is 12.8.